The molecule has 0 bridgehead atoms. The first-order valence-electron chi connectivity index (χ1n) is 9.61. The van der Waals surface area contributed by atoms with Gasteiger partial charge in [0.1, 0.15) is 5.54 Å². The SMILES string of the molecule is CC1CCC2(CC1)NC(=O)N(NC(=O)c1ccc(CCNS(C)(=O)=O)cc1)C2=O. The average Bonchev–Trinajstić information content (AvgIpc) is 2.88. The van der Waals surface area contributed by atoms with Crippen LogP contribution in [0.3, 0.4) is 0 Å². The summed E-state index contributed by atoms with van der Waals surface area (Å²) >= 11 is 0. The molecule has 1 saturated carbocycles. The highest BCUT2D eigenvalue weighted by Gasteiger charge is 2.52. The van der Waals surface area contributed by atoms with E-state index in [9.17, 15) is 22.8 Å². The summed E-state index contributed by atoms with van der Waals surface area (Å²) in [6, 6.07) is 5.94. The standard InChI is InChI=1S/C19H26N4O5S/c1-13-7-10-19(11-8-13)17(25)23(18(26)21-19)22-16(24)15-5-3-14(4-6-15)9-12-20-29(2,27)28/h3-6,13,20H,7-12H2,1-2H3,(H,21,26)(H,22,24). The highest BCUT2D eigenvalue weighted by molar-refractivity contribution is 7.88. The summed E-state index contributed by atoms with van der Waals surface area (Å²) in [5.41, 5.74) is 2.64. The molecule has 0 unspecified atom stereocenters. The topological polar surface area (TPSA) is 125 Å². The number of hydrogen-bond acceptors (Lipinski definition) is 5. The lowest BCUT2D eigenvalue weighted by atomic mass is 9.77. The second kappa shape index (κ2) is 8.11. The lowest BCUT2D eigenvalue weighted by Gasteiger charge is -2.33. The van der Waals surface area contributed by atoms with Crippen molar-refractivity contribution in [2.75, 3.05) is 12.8 Å². The molecule has 0 radical (unpaired) electrons. The van der Waals surface area contributed by atoms with E-state index in [0.717, 1.165) is 29.7 Å². The zero-order valence-corrected chi connectivity index (χ0v) is 17.3. The Labute approximate surface area is 170 Å². The number of carbonyl (C=O) groups is 3. The van der Waals surface area contributed by atoms with Crippen molar-refractivity contribution in [3.05, 3.63) is 35.4 Å². The Morgan fingerprint density at radius 2 is 1.83 bits per heavy atom. The molecule has 0 aromatic heterocycles. The predicted octanol–water partition coefficient (Wildman–Crippen LogP) is 0.924. The molecular formula is C19H26N4O5S. The molecule has 1 aromatic carbocycles. The smallest absolute Gasteiger partial charge is 0.322 e. The van der Waals surface area contributed by atoms with Crippen LogP contribution in [0.5, 0.6) is 0 Å². The van der Waals surface area contributed by atoms with Crippen LogP contribution in [0, 0.1) is 5.92 Å². The summed E-state index contributed by atoms with van der Waals surface area (Å²) in [6.07, 6.45) is 4.41. The Kier molecular flexibility index (Phi) is 5.95. The molecule has 158 valence electrons. The van der Waals surface area contributed by atoms with E-state index in [-0.39, 0.29) is 6.54 Å². The third-order valence-electron chi connectivity index (χ3n) is 5.50. The molecule has 4 amide bonds. The minimum atomic E-state index is -3.24. The molecule has 1 saturated heterocycles. The maximum Gasteiger partial charge on any atom is 0.344 e. The number of hydrazine groups is 1. The number of urea groups is 1. The van der Waals surface area contributed by atoms with E-state index in [2.05, 4.69) is 22.4 Å². The Bertz CT molecular complexity index is 905. The van der Waals surface area contributed by atoms with Crippen molar-refractivity contribution in [3.8, 4) is 0 Å². The first-order valence-corrected chi connectivity index (χ1v) is 11.5. The summed E-state index contributed by atoms with van der Waals surface area (Å²) in [7, 11) is -3.24. The van der Waals surface area contributed by atoms with Crippen LogP contribution in [0.2, 0.25) is 0 Å². The van der Waals surface area contributed by atoms with Gasteiger partial charge in [0.15, 0.2) is 0 Å². The number of nitrogens with zero attached hydrogens (tertiary/aromatic N) is 1. The van der Waals surface area contributed by atoms with Crippen molar-refractivity contribution < 1.29 is 22.8 Å². The molecule has 2 aliphatic rings. The van der Waals surface area contributed by atoms with Gasteiger partial charge in [-0.3, -0.25) is 15.0 Å². The maximum absolute atomic E-state index is 12.8. The molecular weight excluding hydrogens is 396 g/mol. The van der Waals surface area contributed by atoms with Gasteiger partial charge in [-0.25, -0.2) is 17.9 Å². The lowest BCUT2D eigenvalue weighted by molar-refractivity contribution is -0.134. The van der Waals surface area contributed by atoms with E-state index in [0.29, 0.717) is 30.7 Å². The molecule has 3 N–H and O–H groups in total. The van der Waals surface area contributed by atoms with E-state index in [1.807, 2.05) is 0 Å². The van der Waals surface area contributed by atoms with Crippen LogP contribution in [0.25, 0.3) is 0 Å². The van der Waals surface area contributed by atoms with Crippen LogP contribution in [0.15, 0.2) is 24.3 Å². The number of hydrogen-bond donors (Lipinski definition) is 3. The van der Waals surface area contributed by atoms with Crippen molar-refractivity contribution in [2.24, 2.45) is 5.92 Å². The van der Waals surface area contributed by atoms with Crippen LogP contribution in [-0.2, 0) is 21.2 Å². The predicted molar refractivity (Wildman–Crippen MR) is 106 cm³/mol. The van der Waals surface area contributed by atoms with Crippen LogP contribution in [0.4, 0.5) is 4.79 Å². The number of rotatable bonds is 6. The Balaban J connectivity index is 1.60. The monoisotopic (exact) mass is 422 g/mol. The first kappa shape index (κ1) is 21.3. The fraction of sp³-hybridized carbons (Fsp3) is 0.526. The van der Waals surface area contributed by atoms with Gasteiger partial charge < -0.3 is 5.32 Å². The third-order valence-corrected chi connectivity index (χ3v) is 6.23. The molecule has 1 aromatic rings. The molecule has 1 spiro atoms. The fourth-order valence-corrected chi connectivity index (χ4v) is 4.16. The number of imide groups is 1. The largest absolute Gasteiger partial charge is 0.344 e. The van der Waals surface area contributed by atoms with Crippen molar-refractivity contribution in [3.63, 3.8) is 0 Å². The van der Waals surface area contributed by atoms with E-state index in [1.165, 1.54) is 0 Å². The third kappa shape index (κ3) is 4.94. The van der Waals surface area contributed by atoms with Gasteiger partial charge in [-0.15, -0.1) is 0 Å². The van der Waals surface area contributed by atoms with Gasteiger partial charge in [0.05, 0.1) is 6.26 Å². The second-order valence-corrected chi connectivity index (χ2v) is 9.72. The van der Waals surface area contributed by atoms with Gasteiger partial charge in [0.2, 0.25) is 10.0 Å². The van der Waals surface area contributed by atoms with Gasteiger partial charge in [-0.1, -0.05) is 19.1 Å². The zero-order valence-electron chi connectivity index (χ0n) is 16.5. The first-order chi connectivity index (χ1) is 13.6. The maximum atomic E-state index is 12.8. The van der Waals surface area contributed by atoms with Crippen LogP contribution in [-0.4, -0.2) is 49.6 Å². The minimum absolute atomic E-state index is 0.257. The highest BCUT2D eigenvalue weighted by Crippen LogP contribution is 2.35. The number of nitrogens with one attached hydrogen (secondary N) is 3. The summed E-state index contributed by atoms with van der Waals surface area (Å²) in [5, 5.41) is 3.54. The number of amides is 4. The second-order valence-electron chi connectivity index (χ2n) is 7.89. The van der Waals surface area contributed by atoms with Crippen molar-refractivity contribution in [2.45, 2.75) is 44.6 Å². The fourth-order valence-electron chi connectivity index (χ4n) is 3.69. The molecule has 1 heterocycles. The summed E-state index contributed by atoms with van der Waals surface area (Å²) < 4.78 is 24.6. The van der Waals surface area contributed by atoms with Crippen LogP contribution >= 0.6 is 0 Å². The van der Waals surface area contributed by atoms with E-state index >= 15 is 0 Å². The van der Waals surface area contributed by atoms with E-state index in [4.69, 9.17) is 0 Å². The Hall–Kier alpha value is -2.46. The van der Waals surface area contributed by atoms with E-state index < -0.39 is 33.4 Å². The number of carbonyl (C=O) groups excluding carboxylic acids is 3. The van der Waals surface area contributed by atoms with Gasteiger partial charge in [-0.2, -0.15) is 5.01 Å². The van der Waals surface area contributed by atoms with Crippen molar-refractivity contribution in [1.29, 1.82) is 0 Å². The van der Waals surface area contributed by atoms with Crippen molar-refractivity contribution >= 4 is 27.9 Å². The van der Waals surface area contributed by atoms with E-state index in [1.54, 1.807) is 24.3 Å². The normalized spacial score (nSPS) is 24.6. The molecule has 29 heavy (non-hydrogen) atoms. The van der Waals surface area contributed by atoms with Crippen LogP contribution in [0.1, 0.15) is 48.5 Å². The Morgan fingerprint density at radius 3 is 2.41 bits per heavy atom. The molecule has 1 aliphatic carbocycles. The molecule has 0 atom stereocenters. The zero-order chi connectivity index (χ0) is 21.2. The highest BCUT2D eigenvalue weighted by atomic mass is 32.2. The van der Waals surface area contributed by atoms with Crippen LogP contribution < -0.4 is 15.5 Å². The van der Waals surface area contributed by atoms with Gasteiger partial charge in [-0.05, 0) is 55.7 Å². The van der Waals surface area contributed by atoms with Gasteiger partial charge >= 0.3 is 6.03 Å². The van der Waals surface area contributed by atoms with Gasteiger partial charge in [0, 0.05) is 12.1 Å². The summed E-state index contributed by atoms with van der Waals surface area (Å²) in [4.78, 5) is 37.6. The molecule has 10 heteroatoms. The molecule has 1 aliphatic heterocycles. The average molecular weight is 423 g/mol. The minimum Gasteiger partial charge on any atom is -0.322 e. The molecule has 2 fully saturated rings. The van der Waals surface area contributed by atoms with Crippen molar-refractivity contribution in [1.82, 2.24) is 20.5 Å². The quantitative estimate of drug-likeness (QED) is 0.588. The molecule has 3 rings (SSSR count). The van der Waals surface area contributed by atoms with Gasteiger partial charge in [0.25, 0.3) is 11.8 Å². The molecule has 9 nitrogen and oxygen atoms in total. The summed E-state index contributed by atoms with van der Waals surface area (Å²) in [6.45, 7) is 2.38. The lowest BCUT2D eigenvalue weighted by Crippen LogP contribution is -2.51. The Morgan fingerprint density at radius 1 is 1.21 bits per heavy atom. The summed E-state index contributed by atoms with van der Waals surface area (Å²) in [5.74, 6) is -0.457. The number of benzene rings is 1. The number of sulfonamides is 1.